The van der Waals surface area contributed by atoms with Crippen LogP contribution in [0.15, 0.2) is 24.3 Å². The molecular formula is C27H35F2N4O6PS. The van der Waals surface area contributed by atoms with Gasteiger partial charge in [-0.2, -0.15) is 8.78 Å². The topological polar surface area (TPSA) is 139 Å². The van der Waals surface area contributed by atoms with Crippen molar-refractivity contribution in [2.75, 3.05) is 26.2 Å². The number of likely N-dealkylation sites (tertiary alicyclic amines) is 2. The van der Waals surface area contributed by atoms with Gasteiger partial charge in [0.15, 0.2) is 0 Å². The summed E-state index contributed by atoms with van der Waals surface area (Å²) in [6.45, 7) is 8.20. The Hall–Kier alpha value is -2.44. The summed E-state index contributed by atoms with van der Waals surface area (Å²) in [5.41, 5.74) is -5.93. The molecule has 224 valence electrons. The Morgan fingerprint density at radius 1 is 1.10 bits per heavy atom. The van der Waals surface area contributed by atoms with Gasteiger partial charge in [-0.15, -0.1) is 11.3 Å². The zero-order chi connectivity index (χ0) is 29.9. The van der Waals surface area contributed by atoms with Crippen LogP contribution in [0.3, 0.4) is 0 Å². The van der Waals surface area contributed by atoms with E-state index in [1.54, 1.807) is 4.90 Å². The first-order valence-electron chi connectivity index (χ1n) is 13.7. The Morgan fingerprint density at radius 3 is 2.51 bits per heavy atom. The second-order valence-electron chi connectivity index (χ2n) is 12.2. The predicted octanol–water partition coefficient (Wildman–Crippen LogP) is 3.08. The van der Waals surface area contributed by atoms with Crippen LogP contribution in [0.25, 0.3) is 10.1 Å². The number of carbonyl (C=O) groups excluding carboxylic acids is 3. The maximum atomic E-state index is 14.2. The SMILES string of the molecule is CC(C)(C)[C@H](NC(=O)c1cc2cc(C(F)(F)P(=O)(O)O)ccc2s1)C(=O)N1CCC[C@H]1C(=O)N1CC[C@@H]2CNC[C@@H]21. The van der Waals surface area contributed by atoms with Gasteiger partial charge < -0.3 is 30.2 Å². The zero-order valence-electron chi connectivity index (χ0n) is 23.1. The highest BCUT2D eigenvalue weighted by molar-refractivity contribution is 7.52. The molecule has 10 nitrogen and oxygen atoms in total. The molecule has 4 heterocycles. The maximum absolute atomic E-state index is 14.2. The van der Waals surface area contributed by atoms with Crippen molar-refractivity contribution in [3.05, 3.63) is 34.7 Å². The summed E-state index contributed by atoms with van der Waals surface area (Å²) in [6, 6.07) is 3.14. The highest BCUT2D eigenvalue weighted by Gasteiger charge is 2.50. The average molecular weight is 613 g/mol. The zero-order valence-corrected chi connectivity index (χ0v) is 24.8. The van der Waals surface area contributed by atoms with E-state index in [9.17, 15) is 27.7 Å². The molecule has 0 radical (unpaired) electrons. The quantitative estimate of drug-likeness (QED) is 0.368. The molecule has 0 aliphatic carbocycles. The molecule has 2 aromatic rings. The summed E-state index contributed by atoms with van der Waals surface area (Å²) in [4.78, 5) is 62.7. The number of nitrogens with one attached hydrogen (secondary N) is 2. The number of rotatable bonds is 6. The first kappa shape index (κ1) is 30.0. The third-order valence-corrected chi connectivity index (χ3v) is 10.5. The first-order valence-corrected chi connectivity index (χ1v) is 16.1. The molecular weight excluding hydrogens is 577 g/mol. The maximum Gasteiger partial charge on any atom is 0.399 e. The van der Waals surface area contributed by atoms with E-state index in [0.29, 0.717) is 36.5 Å². The van der Waals surface area contributed by atoms with E-state index < -0.39 is 42.2 Å². The fourth-order valence-electron chi connectivity index (χ4n) is 6.13. The van der Waals surface area contributed by atoms with Crippen molar-refractivity contribution in [1.29, 1.82) is 0 Å². The molecule has 0 unspecified atom stereocenters. The van der Waals surface area contributed by atoms with Crippen LogP contribution in [0.5, 0.6) is 0 Å². The third kappa shape index (κ3) is 5.54. The Morgan fingerprint density at radius 2 is 1.83 bits per heavy atom. The first-order chi connectivity index (χ1) is 19.1. The number of alkyl halides is 2. The lowest BCUT2D eigenvalue weighted by Crippen LogP contribution is -2.58. The largest absolute Gasteiger partial charge is 0.399 e. The van der Waals surface area contributed by atoms with Gasteiger partial charge in [-0.05, 0) is 54.2 Å². The fourth-order valence-corrected chi connectivity index (χ4v) is 7.55. The fraction of sp³-hybridized carbons (Fsp3) is 0.593. The van der Waals surface area contributed by atoms with Crippen molar-refractivity contribution < 1.29 is 37.5 Å². The minimum Gasteiger partial charge on any atom is -0.339 e. The molecule has 41 heavy (non-hydrogen) atoms. The van der Waals surface area contributed by atoms with Crippen LogP contribution < -0.4 is 10.6 Å². The number of hydrogen-bond acceptors (Lipinski definition) is 6. The molecule has 1 aromatic heterocycles. The number of benzene rings is 1. The van der Waals surface area contributed by atoms with Crippen LogP contribution in [0.4, 0.5) is 8.78 Å². The molecule has 3 saturated heterocycles. The molecule has 4 atom stereocenters. The van der Waals surface area contributed by atoms with Crippen molar-refractivity contribution >= 4 is 46.7 Å². The van der Waals surface area contributed by atoms with Crippen LogP contribution in [0.1, 0.15) is 55.3 Å². The number of hydrogen-bond donors (Lipinski definition) is 4. The average Bonchev–Trinajstić information content (AvgIpc) is 3.67. The van der Waals surface area contributed by atoms with E-state index in [1.165, 1.54) is 12.1 Å². The van der Waals surface area contributed by atoms with Crippen molar-refractivity contribution in [3.63, 3.8) is 0 Å². The number of carbonyl (C=O) groups is 3. The van der Waals surface area contributed by atoms with Crippen molar-refractivity contribution in [3.8, 4) is 0 Å². The monoisotopic (exact) mass is 612 g/mol. The van der Waals surface area contributed by atoms with Crippen LogP contribution in [-0.4, -0.2) is 81.6 Å². The molecule has 4 N–H and O–H groups in total. The van der Waals surface area contributed by atoms with Gasteiger partial charge in [0.05, 0.1) is 4.88 Å². The smallest absolute Gasteiger partial charge is 0.339 e. The van der Waals surface area contributed by atoms with Gasteiger partial charge in [-0.25, -0.2) is 0 Å². The van der Waals surface area contributed by atoms with E-state index in [0.717, 1.165) is 43.0 Å². The number of fused-ring (bicyclic) bond motifs is 2. The van der Waals surface area contributed by atoms with Gasteiger partial charge in [0.1, 0.15) is 12.1 Å². The predicted molar refractivity (Wildman–Crippen MR) is 150 cm³/mol. The molecule has 3 aliphatic heterocycles. The summed E-state index contributed by atoms with van der Waals surface area (Å²) >= 11 is 1.02. The Kier molecular flexibility index (Phi) is 7.82. The third-order valence-electron chi connectivity index (χ3n) is 8.39. The van der Waals surface area contributed by atoms with Gasteiger partial charge in [0.25, 0.3) is 5.91 Å². The molecule has 5 rings (SSSR count). The van der Waals surface area contributed by atoms with E-state index in [4.69, 9.17) is 9.79 Å². The second kappa shape index (κ2) is 10.7. The molecule has 14 heteroatoms. The summed E-state index contributed by atoms with van der Waals surface area (Å²) in [7, 11) is -5.75. The summed E-state index contributed by atoms with van der Waals surface area (Å²) in [6.07, 6.45) is 2.19. The van der Waals surface area contributed by atoms with Crippen LogP contribution in [0, 0.1) is 11.3 Å². The number of amides is 3. The van der Waals surface area contributed by atoms with Gasteiger partial charge in [-0.1, -0.05) is 26.8 Å². The minimum atomic E-state index is -5.75. The number of halogens is 2. The molecule has 0 bridgehead atoms. The molecule has 0 spiro atoms. The van der Waals surface area contributed by atoms with Crippen LogP contribution in [0.2, 0.25) is 0 Å². The van der Waals surface area contributed by atoms with E-state index in [-0.39, 0.29) is 28.1 Å². The molecule has 0 saturated carbocycles. The summed E-state index contributed by atoms with van der Waals surface area (Å²) in [5, 5.41) is 6.38. The molecule has 3 aliphatic rings. The molecule has 3 fully saturated rings. The number of nitrogens with zero attached hydrogens (tertiary/aromatic N) is 2. The lowest BCUT2D eigenvalue weighted by atomic mass is 9.85. The van der Waals surface area contributed by atoms with Gasteiger partial charge in [0.2, 0.25) is 11.8 Å². The van der Waals surface area contributed by atoms with Gasteiger partial charge >= 0.3 is 13.3 Å². The summed E-state index contributed by atoms with van der Waals surface area (Å²) < 4.78 is 40.2. The molecule has 3 amide bonds. The highest BCUT2D eigenvalue weighted by Crippen LogP contribution is 2.59. The van der Waals surface area contributed by atoms with Crippen molar-refractivity contribution in [2.45, 2.75) is 63.8 Å². The Labute approximate surface area is 240 Å². The Balaban J connectivity index is 1.35. The van der Waals surface area contributed by atoms with Crippen molar-refractivity contribution in [2.24, 2.45) is 11.3 Å². The van der Waals surface area contributed by atoms with E-state index in [2.05, 4.69) is 10.6 Å². The Bertz CT molecular complexity index is 1420. The second-order valence-corrected chi connectivity index (χ2v) is 15.0. The molecule has 1 aromatic carbocycles. The standard InChI is InChI=1S/C27H35F2N4O6PS/c1-26(2,3)22(25(36)32-9-4-5-18(32)24(35)33-10-8-15-13-30-14-19(15)33)31-23(34)21-12-16-11-17(6-7-20(16)41-21)27(28,29)40(37,38)39/h6-7,11-12,15,18-19,22,30H,4-5,8-10,13-14H2,1-3H3,(H,31,34)(H2,37,38,39)/t15-,18+,19+,22-/m1/s1. The van der Waals surface area contributed by atoms with Crippen LogP contribution >= 0.6 is 18.9 Å². The minimum absolute atomic E-state index is 0.0431. The lowest BCUT2D eigenvalue weighted by Gasteiger charge is -2.37. The lowest BCUT2D eigenvalue weighted by molar-refractivity contribution is -0.146. The van der Waals surface area contributed by atoms with Crippen molar-refractivity contribution in [1.82, 2.24) is 20.4 Å². The van der Waals surface area contributed by atoms with Gasteiger partial charge in [0, 0.05) is 42.5 Å². The van der Waals surface area contributed by atoms with E-state index >= 15 is 0 Å². The van der Waals surface area contributed by atoms with E-state index in [1.807, 2.05) is 25.7 Å². The van der Waals surface area contributed by atoms with Gasteiger partial charge in [-0.3, -0.25) is 18.9 Å². The highest BCUT2D eigenvalue weighted by atomic mass is 32.1. The summed E-state index contributed by atoms with van der Waals surface area (Å²) in [5.74, 6) is -0.527. The van der Waals surface area contributed by atoms with Crippen LogP contribution in [-0.2, 0) is 19.8 Å². The number of thiophene rings is 1. The normalized spacial score (nSPS) is 24.1.